The lowest BCUT2D eigenvalue weighted by Gasteiger charge is -2.01. The summed E-state index contributed by atoms with van der Waals surface area (Å²) in [6, 6.07) is 13.1. The van der Waals surface area contributed by atoms with E-state index in [2.05, 4.69) is 6.07 Å². The lowest BCUT2D eigenvalue weighted by atomic mass is 10.0. The highest BCUT2D eigenvalue weighted by atomic mass is 32.1. The quantitative estimate of drug-likeness (QED) is 0.614. The van der Waals surface area contributed by atoms with Gasteiger partial charge < -0.3 is 0 Å². The van der Waals surface area contributed by atoms with Crippen molar-refractivity contribution in [3.8, 4) is 30.3 Å². The second kappa shape index (κ2) is 6.09. The summed E-state index contributed by atoms with van der Waals surface area (Å²) >= 11 is 2.52. The maximum absolute atomic E-state index is 9.64. The molecule has 0 unspecified atom stereocenters. The van der Waals surface area contributed by atoms with Gasteiger partial charge in [0, 0.05) is 10.1 Å². The molecule has 0 amide bonds. The Kier molecular flexibility index (Phi) is 3.94. The van der Waals surface area contributed by atoms with Crippen LogP contribution >= 0.6 is 22.7 Å². The average Bonchev–Trinajstić information content (AvgIpc) is 3.23. The molecule has 0 saturated carbocycles. The Labute approximate surface area is 150 Å². The van der Waals surface area contributed by atoms with Gasteiger partial charge in [-0.25, -0.2) is 0 Å². The molecule has 3 aromatic rings. The summed E-state index contributed by atoms with van der Waals surface area (Å²) in [5.74, 6) is 0. The zero-order chi connectivity index (χ0) is 18.1. The Morgan fingerprint density at radius 3 is 1.72 bits per heavy atom. The van der Waals surface area contributed by atoms with Crippen molar-refractivity contribution in [2.45, 2.75) is 6.92 Å². The van der Waals surface area contributed by atoms with Gasteiger partial charge in [-0.3, -0.25) is 0 Å². The summed E-state index contributed by atoms with van der Waals surface area (Å²) < 4.78 is 2.57. The summed E-state index contributed by atoms with van der Waals surface area (Å²) in [5, 5.41) is 47.4. The largest absolute Gasteiger partial charge is 0.192 e. The molecule has 2 heterocycles. The monoisotopic (exact) mass is 355 g/mol. The van der Waals surface area contributed by atoms with Gasteiger partial charge in [-0.15, -0.1) is 22.7 Å². The van der Waals surface area contributed by atoms with Gasteiger partial charge in [0.05, 0.1) is 19.3 Å². The number of nitrogens with zero attached hydrogens (tertiary/aromatic N) is 5. The van der Waals surface area contributed by atoms with Crippen LogP contribution in [0.15, 0.2) is 12.1 Å². The second-order valence-electron chi connectivity index (χ2n) is 5.02. The molecule has 0 radical (unpaired) electrons. The molecule has 0 N–H and O–H groups in total. The molecule has 0 aliphatic rings. The molecule has 7 heteroatoms. The van der Waals surface area contributed by atoms with Crippen LogP contribution in [0.2, 0.25) is 0 Å². The molecule has 25 heavy (non-hydrogen) atoms. The molecule has 0 aliphatic heterocycles. The molecular weight excluding hydrogens is 350 g/mol. The molecule has 0 fully saturated rings. The van der Waals surface area contributed by atoms with Crippen LogP contribution < -0.4 is 9.06 Å². The maximum atomic E-state index is 9.64. The van der Waals surface area contributed by atoms with Crippen LogP contribution in [0.4, 0.5) is 0 Å². The second-order valence-corrected chi connectivity index (χ2v) is 7.12. The topological polar surface area (TPSA) is 119 Å². The van der Waals surface area contributed by atoms with E-state index in [1.54, 1.807) is 12.1 Å². The van der Waals surface area contributed by atoms with Crippen molar-refractivity contribution in [3.63, 3.8) is 0 Å². The maximum Gasteiger partial charge on any atom is 0.146 e. The molecule has 1 aromatic carbocycles. The molecule has 0 atom stereocenters. The Morgan fingerprint density at radius 1 is 0.760 bits per heavy atom. The van der Waals surface area contributed by atoms with Gasteiger partial charge in [0.25, 0.3) is 0 Å². The standard InChI is InChI=1S/C18H5N5S2/c1-9-12-2-15(10(4-19)5-20)25-18(12)14(8-23)13-3-16(24-17(9)13)11(6-21)7-22/h2-3H,1H3. The summed E-state index contributed by atoms with van der Waals surface area (Å²) in [5.41, 5.74) is 1.35. The van der Waals surface area contributed by atoms with Crippen molar-refractivity contribution >= 4 is 54.0 Å². The zero-order valence-electron chi connectivity index (χ0n) is 12.7. The average molecular weight is 355 g/mol. The fourth-order valence-electron chi connectivity index (χ4n) is 2.58. The predicted molar refractivity (Wildman–Crippen MR) is 95.2 cm³/mol. The van der Waals surface area contributed by atoms with E-state index in [9.17, 15) is 5.26 Å². The van der Waals surface area contributed by atoms with Crippen molar-refractivity contribution in [1.82, 2.24) is 0 Å². The fourth-order valence-corrected chi connectivity index (χ4v) is 4.88. The van der Waals surface area contributed by atoms with E-state index in [1.165, 1.54) is 22.7 Å². The molecule has 3 rings (SSSR count). The number of fused-ring (bicyclic) bond motifs is 2. The van der Waals surface area contributed by atoms with Crippen LogP contribution in [-0.2, 0) is 0 Å². The van der Waals surface area contributed by atoms with Crippen LogP contribution in [0.1, 0.15) is 11.1 Å². The molecule has 5 nitrogen and oxygen atoms in total. The summed E-state index contributed by atoms with van der Waals surface area (Å²) in [4.78, 5) is 0. The van der Waals surface area contributed by atoms with Crippen molar-refractivity contribution in [1.29, 1.82) is 26.3 Å². The van der Waals surface area contributed by atoms with Crippen LogP contribution in [0.3, 0.4) is 0 Å². The zero-order valence-corrected chi connectivity index (χ0v) is 14.3. The van der Waals surface area contributed by atoms with Crippen LogP contribution in [-0.4, -0.2) is 0 Å². The molecule has 2 aromatic heterocycles. The third-order valence-electron chi connectivity index (χ3n) is 3.76. The molecule has 0 saturated heterocycles. The summed E-state index contributed by atoms with van der Waals surface area (Å²) in [7, 11) is 0. The number of nitriles is 5. The minimum Gasteiger partial charge on any atom is -0.192 e. The van der Waals surface area contributed by atoms with Gasteiger partial charge in [-0.1, -0.05) is 0 Å². The predicted octanol–water partition coefficient (Wildman–Crippen LogP) is 2.69. The van der Waals surface area contributed by atoms with Crippen LogP contribution in [0.5, 0.6) is 0 Å². The molecular formula is C18H5N5S2. The molecule has 0 spiro atoms. The smallest absolute Gasteiger partial charge is 0.146 e. The number of thiophene rings is 2. The van der Waals surface area contributed by atoms with E-state index in [1.807, 2.05) is 31.2 Å². The summed E-state index contributed by atoms with van der Waals surface area (Å²) in [6.07, 6.45) is 0. The number of benzene rings is 1. The van der Waals surface area contributed by atoms with Gasteiger partial charge in [0.2, 0.25) is 0 Å². The van der Waals surface area contributed by atoms with E-state index in [-0.39, 0.29) is 11.1 Å². The number of hydrogen-bond acceptors (Lipinski definition) is 7. The first-order chi connectivity index (χ1) is 12.1. The van der Waals surface area contributed by atoms with Crippen LogP contribution in [0.25, 0.3) is 31.3 Å². The number of hydrogen-bond donors (Lipinski definition) is 0. The Balaban J connectivity index is 2.62. The normalized spacial score (nSPS) is 9.60. The third-order valence-corrected chi connectivity index (χ3v) is 6.20. The number of aryl methyl sites for hydroxylation is 1. The van der Waals surface area contributed by atoms with Gasteiger partial charge in [-0.05, 0) is 30.0 Å². The SMILES string of the molecule is Cc1c2cc(=C(C#N)C#N)sc2c(C#N)c2cc(=C(C#N)C#N)sc12. The van der Waals surface area contributed by atoms with E-state index >= 15 is 0 Å². The highest BCUT2D eigenvalue weighted by Crippen LogP contribution is 2.35. The van der Waals surface area contributed by atoms with Gasteiger partial charge in [-0.2, -0.15) is 26.3 Å². The number of rotatable bonds is 0. The highest BCUT2D eigenvalue weighted by molar-refractivity contribution is 7.19. The van der Waals surface area contributed by atoms with Gasteiger partial charge >= 0.3 is 0 Å². The van der Waals surface area contributed by atoms with Crippen molar-refractivity contribution in [2.24, 2.45) is 0 Å². The Morgan fingerprint density at radius 2 is 1.24 bits per heavy atom. The van der Waals surface area contributed by atoms with E-state index in [4.69, 9.17) is 21.0 Å². The minimum absolute atomic E-state index is 0.0121. The Hall–Kier alpha value is -3.67. The van der Waals surface area contributed by atoms with E-state index in [0.29, 0.717) is 24.7 Å². The van der Waals surface area contributed by atoms with Gasteiger partial charge in [0.15, 0.2) is 0 Å². The highest BCUT2D eigenvalue weighted by Gasteiger charge is 2.16. The van der Waals surface area contributed by atoms with Crippen LogP contribution in [0, 0.1) is 63.6 Å². The fraction of sp³-hybridized carbons (Fsp3) is 0.0556. The lowest BCUT2D eigenvalue weighted by molar-refractivity contribution is 1.50. The third kappa shape index (κ3) is 2.31. The van der Waals surface area contributed by atoms with Crippen molar-refractivity contribution in [3.05, 3.63) is 32.3 Å². The van der Waals surface area contributed by atoms with E-state index in [0.717, 1.165) is 15.6 Å². The lowest BCUT2D eigenvalue weighted by Crippen LogP contribution is -1.94. The molecule has 0 bridgehead atoms. The van der Waals surface area contributed by atoms with E-state index < -0.39 is 0 Å². The van der Waals surface area contributed by atoms with Crippen molar-refractivity contribution < 1.29 is 0 Å². The molecule has 0 aliphatic carbocycles. The molecule has 114 valence electrons. The Bertz CT molecular complexity index is 1270. The first-order valence-electron chi connectivity index (χ1n) is 6.84. The minimum atomic E-state index is 0.0121. The first-order valence-corrected chi connectivity index (χ1v) is 8.47. The van der Waals surface area contributed by atoms with Crippen molar-refractivity contribution in [2.75, 3.05) is 0 Å². The van der Waals surface area contributed by atoms with Gasteiger partial charge in [0.1, 0.15) is 41.5 Å². The first kappa shape index (κ1) is 16.2. The summed E-state index contributed by atoms with van der Waals surface area (Å²) in [6.45, 7) is 1.89.